The van der Waals surface area contributed by atoms with E-state index in [1.54, 1.807) is 54.6 Å². The smallest absolute Gasteiger partial charge is 0.291 e. The van der Waals surface area contributed by atoms with Crippen molar-refractivity contribution in [3.05, 3.63) is 82.2 Å². The summed E-state index contributed by atoms with van der Waals surface area (Å²) in [6, 6.07) is 13.0. The minimum absolute atomic E-state index is 0.176. The van der Waals surface area contributed by atoms with E-state index >= 15 is 0 Å². The minimum atomic E-state index is -0.409. The zero-order valence-electron chi connectivity index (χ0n) is 15.2. The van der Waals surface area contributed by atoms with Crippen LogP contribution in [0.4, 0.5) is 11.4 Å². The fourth-order valence-electron chi connectivity index (χ4n) is 2.45. The third-order valence-electron chi connectivity index (χ3n) is 3.84. The van der Waals surface area contributed by atoms with Gasteiger partial charge in [-0.1, -0.05) is 29.3 Å². The molecular weight excluding hydrogens is 415 g/mol. The molecule has 0 fully saturated rings. The summed E-state index contributed by atoms with van der Waals surface area (Å²) in [5, 5.41) is 6.37. The molecule has 0 atom stereocenters. The topological polar surface area (TPSA) is 80.6 Å². The van der Waals surface area contributed by atoms with E-state index in [2.05, 4.69) is 10.6 Å². The number of carbonyl (C=O) groups excluding carboxylic acids is 2. The van der Waals surface area contributed by atoms with E-state index in [1.165, 1.54) is 19.4 Å². The lowest BCUT2D eigenvalue weighted by atomic mass is 10.2. The van der Waals surface area contributed by atoms with Crippen molar-refractivity contribution in [1.29, 1.82) is 0 Å². The van der Waals surface area contributed by atoms with Gasteiger partial charge in [0.1, 0.15) is 5.75 Å². The second-order valence-corrected chi connectivity index (χ2v) is 6.68. The van der Waals surface area contributed by atoms with Crippen LogP contribution in [-0.4, -0.2) is 18.9 Å². The Morgan fingerprint density at radius 3 is 2.59 bits per heavy atom. The van der Waals surface area contributed by atoms with Crippen molar-refractivity contribution < 1.29 is 18.7 Å². The van der Waals surface area contributed by atoms with Crippen molar-refractivity contribution in [2.45, 2.75) is 0 Å². The number of anilines is 2. The lowest BCUT2D eigenvalue weighted by molar-refractivity contribution is -0.111. The first-order chi connectivity index (χ1) is 14.0. The third-order valence-corrected chi connectivity index (χ3v) is 4.40. The van der Waals surface area contributed by atoms with Gasteiger partial charge in [-0.3, -0.25) is 9.59 Å². The van der Waals surface area contributed by atoms with Gasteiger partial charge in [0.15, 0.2) is 5.76 Å². The normalized spacial score (nSPS) is 10.7. The number of nitrogens with one attached hydrogen (secondary N) is 2. The lowest BCUT2D eigenvalue weighted by Gasteiger charge is -2.11. The Kier molecular flexibility index (Phi) is 6.59. The maximum Gasteiger partial charge on any atom is 0.291 e. The van der Waals surface area contributed by atoms with E-state index in [4.69, 9.17) is 32.4 Å². The first-order valence-corrected chi connectivity index (χ1v) is 9.19. The molecule has 6 nitrogen and oxygen atoms in total. The molecule has 2 amide bonds. The molecule has 2 aromatic carbocycles. The van der Waals surface area contributed by atoms with Crippen molar-refractivity contribution in [3.8, 4) is 5.75 Å². The first-order valence-electron chi connectivity index (χ1n) is 8.43. The molecule has 1 aromatic heterocycles. The monoisotopic (exact) mass is 430 g/mol. The van der Waals surface area contributed by atoms with Crippen LogP contribution < -0.4 is 15.4 Å². The number of carbonyl (C=O) groups is 2. The van der Waals surface area contributed by atoms with Gasteiger partial charge in [-0.2, -0.15) is 0 Å². The van der Waals surface area contributed by atoms with Gasteiger partial charge in [0.2, 0.25) is 5.91 Å². The number of ether oxygens (including phenoxy) is 1. The Morgan fingerprint density at radius 2 is 1.90 bits per heavy atom. The van der Waals surface area contributed by atoms with Gasteiger partial charge in [-0.15, -0.1) is 0 Å². The van der Waals surface area contributed by atoms with Crippen LogP contribution in [0.5, 0.6) is 5.75 Å². The average Bonchev–Trinajstić information content (AvgIpc) is 3.23. The standard InChI is InChI=1S/C21H16Cl2N2O4/c1-28-19-12-15(7-8-17(19)25-21(27)18-3-2-10-29-18)24-20(26)9-5-13-4-6-14(22)11-16(13)23/h2-12H,1H3,(H,24,26)(H,25,27). The van der Waals surface area contributed by atoms with Crippen molar-refractivity contribution in [1.82, 2.24) is 0 Å². The predicted molar refractivity (Wildman–Crippen MR) is 114 cm³/mol. The molecule has 0 aliphatic heterocycles. The summed E-state index contributed by atoms with van der Waals surface area (Å²) >= 11 is 11.9. The van der Waals surface area contributed by atoms with E-state index in [-0.39, 0.29) is 11.7 Å². The van der Waals surface area contributed by atoms with Gasteiger partial charge in [0.05, 0.1) is 19.1 Å². The molecule has 0 spiro atoms. The SMILES string of the molecule is COc1cc(NC(=O)C=Cc2ccc(Cl)cc2Cl)ccc1NC(=O)c1ccco1. The molecule has 8 heteroatoms. The summed E-state index contributed by atoms with van der Waals surface area (Å²) in [7, 11) is 1.46. The second-order valence-electron chi connectivity index (χ2n) is 5.83. The summed E-state index contributed by atoms with van der Waals surface area (Å²) in [6.45, 7) is 0. The summed E-state index contributed by atoms with van der Waals surface area (Å²) in [5.74, 6) is -0.207. The molecule has 3 aromatic rings. The highest BCUT2D eigenvalue weighted by Gasteiger charge is 2.13. The average molecular weight is 431 g/mol. The Morgan fingerprint density at radius 1 is 1.07 bits per heavy atom. The Balaban J connectivity index is 1.68. The van der Waals surface area contributed by atoms with E-state index in [0.29, 0.717) is 32.7 Å². The van der Waals surface area contributed by atoms with Crippen LogP contribution in [0.2, 0.25) is 10.0 Å². The highest BCUT2D eigenvalue weighted by atomic mass is 35.5. The first kappa shape index (κ1) is 20.5. The molecular formula is C21H16Cl2N2O4. The number of methoxy groups -OCH3 is 1. The maximum absolute atomic E-state index is 12.2. The minimum Gasteiger partial charge on any atom is -0.494 e. The molecule has 0 unspecified atom stereocenters. The summed E-state index contributed by atoms with van der Waals surface area (Å²) < 4.78 is 10.4. The quantitative estimate of drug-likeness (QED) is 0.505. The van der Waals surface area contributed by atoms with Crippen LogP contribution in [0.15, 0.2) is 65.3 Å². The molecule has 0 aliphatic rings. The number of hydrogen-bond acceptors (Lipinski definition) is 4. The Hall–Kier alpha value is -3.22. The molecule has 2 N–H and O–H groups in total. The number of amides is 2. The molecule has 0 radical (unpaired) electrons. The molecule has 0 aliphatic carbocycles. The van der Waals surface area contributed by atoms with E-state index in [9.17, 15) is 9.59 Å². The van der Waals surface area contributed by atoms with Crippen molar-refractivity contribution in [3.63, 3.8) is 0 Å². The highest BCUT2D eigenvalue weighted by Crippen LogP contribution is 2.28. The number of hydrogen-bond donors (Lipinski definition) is 2. The third kappa shape index (κ3) is 5.40. The Labute approximate surface area is 177 Å². The second kappa shape index (κ2) is 9.32. The maximum atomic E-state index is 12.2. The molecule has 3 rings (SSSR count). The molecule has 0 saturated carbocycles. The largest absolute Gasteiger partial charge is 0.494 e. The van der Waals surface area contributed by atoms with Crippen LogP contribution in [0.1, 0.15) is 16.1 Å². The van der Waals surface area contributed by atoms with Gasteiger partial charge in [0, 0.05) is 27.9 Å². The van der Waals surface area contributed by atoms with Crippen LogP contribution in [-0.2, 0) is 4.79 Å². The van der Waals surface area contributed by atoms with Crippen molar-refractivity contribution in [2.75, 3.05) is 17.7 Å². The summed E-state index contributed by atoms with van der Waals surface area (Å²) in [4.78, 5) is 24.3. The molecule has 1 heterocycles. The van der Waals surface area contributed by atoms with E-state index < -0.39 is 5.91 Å². The fourth-order valence-corrected chi connectivity index (χ4v) is 2.92. The molecule has 148 valence electrons. The van der Waals surface area contributed by atoms with Gasteiger partial charge in [-0.25, -0.2) is 0 Å². The van der Waals surface area contributed by atoms with E-state index in [0.717, 1.165) is 0 Å². The van der Waals surface area contributed by atoms with Crippen LogP contribution in [0, 0.1) is 0 Å². The fraction of sp³-hybridized carbons (Fsp3) is 0.0476. The number of rotatable bonds is 6. The van der Waals surface area contributed by atoms with Crippen LogP contribution >= 0.6 is 23.2 Å². The van der Waals surface area contributed by atoms with E-state index in [1.807, 2.05) is 0 Å². The lowest BCUT2D eigenvalue weighted by Crippen LogP contribution is -2.12. The molecule has 0 saturated heterocycles. The molecule has 0 bridgehead atoms. The van der Waals surface area contributed by atoms with Gasteiger partial charge in [-0.05, 0) is 48.0 Å². The zero-order chi connectivity index (χ0) is 20.8. The van der Waals surface area contributed by atoms with Crippen LogP contribution in [0.3, 0.4) is 0 Å². The van der Waals surface area contributed by atoms with Crippen molar-refractivity contribution in [2.24, 2.45) is 0 Å². The predicted octanol–water partition coefficient (Wildman–Crippen LogP) is 5.50. The summed E-state index contributed by atoms with van der Waals surface area (Å²) in [5.41, 5.74) is 1.60. The van der Waals surface area contributed by atoms with Gasteiger partial charge < -0.3 is 19.8 Å². The summed E-state index contributed by atoms with van der Waals surface area (Å²) in [6.07, 6.45) is 4.35. The van der Waals surface area contributed by atoms with Gasteiger partial charge in [0.25, 0.3) is 5.91 Å². The molecule has 29 heavy (non-hydrogen) atoms. The Bertz CT molecular complexity index is 1060. The van der Waals surface area contributed by atoms with Crippen LogP contribution in [0.25, 0.3) is 6.08 Å². The van der Waals surface area contributed by atoms with Gasteiger partial charge >= 0.3 is 0 Å². The number of benzene rings is 2. The highest BCUT2D eigenvalue weighted by molar-refractivity contribution is 6.35. The number of halogens is 2. The zero-order valence-corrected chi connectivity index (χ0v) is 16.8. The van der Waals surface area contributed by atoms with Crippen molar-refractivity contribution >= 4 is 52.5 Å². The number of furan rings is 1.